The van der Waals surface area contributed by atoms with Crippen LogP contribution in [0.2, 0.25) is 5.02 Å². The first-order valence-electron chi connectivity index (χ1n) is 10.0. The maximum atomic E-state index is 11.2. The summed E-state index contributed by atoms with van der Waals surface area (Å²) in [6.07, 6.45) is 1.80. The lowest BCUT2D eigenvalue weighted by Gasteiger charge is -2.42. The molecule has 1 aliphatic heterocycles. The number of carbonyl (C=O) groups is 1. The number of carbonyl (C=O) groups excluding carboxylic acids is 1. The standard InChI is InChI=1S/C22H25ClN4O2S/c1-13-9-17(25-21(24)28)10-14(2)27(13)12-15-3-6-18(7-4-15)29-22-26-19-11-16(23)5-8-20(19)30-22/h3-8,11,13-14,17H,9-10,12H2,1-2H3,(H3,24,25,28)/t13-,14?,17+/m0/s1. The summed E-state index contributed by atoms with van der Waals surface area (Å²) in [6.45, 7) is 5.25. The molecule has 3 atom stereocenters. The van der Waals surface area contributed by atoms with Gasteiger partial charge in [-0.3, -0.25) is 4.90 Å². The van der Waals surface area contributed by atoms with Gasteiger partial charge >= 0.3 is 6.03 Å². The Morgan fingerprint density at radius 1 is 1.23 bits per heavy atom. The van der Waals surface area contributed by atoms with Crippen molar-refractivity contribution in [2.45, 2.75) is 51.4 Å². The Kier molecular flexibility index (Phi) is 6.13. The molecular formula is C22H25ClN4O2S. The van der Waals surface area contributed by atoms with Gasteiger partial charge in [0.15, 0.2) is 0 Å². The third-order valence-corrected chi connectivity index (χ3v) is 6.70. The molecule has 1 aromatic heterocycles. The fourth-order valence-electron chi connectivity index (χ4n) is 4.15. The van der Waals surface area contributed by atoms with Crippen molar-refractivity contribution in [1.29, 1.82) is 0 Å². The average Bonchev–Trinajstić information content (AvgIpc) is 3.07. The van der Waals surface area contributed by atoms with E-state index in [1.807, 2.05) is 30.3 Å². The number of amides is 2. The zero-order chi connectivity index (χ0) is 21.3. The quantitative estimate of drug-likeness (QED) is 0.570. The van der Waals surface area contributed by atoms with E-state index in [0.717, 1.165) is 35.4 Å². The summed E-state index contributed by atoms with van der Waals surface area (Å²) in [5.74, 6) is 0.759. The number of primary amides is 1. The van der Waals surface area contributed by atoms with Gasteiger partial charge in [-0.25, -0.2) is 9.78 Å². The minimum Gasteiger partial charge on any atom is -0.431 e. The van der Waals surface area contributed by atoms with Crippen molar-refractivity contribution in [2.24, 2.45) is 5.73 Å². The van der Waals surface area contributed by atoms with Gasteiger partial charge in [0, 0.05) is 29.7 Å². The second-order valence-corrected chi connectivity index (χ2v) is 9.31. The number of nitrogens with one attached hydrogen (secondary N) is 1. The van der Waals surface area contributed by atoms with Crippen LogP contribution in [-0.2, 0) is 6.54 Å². The van der Waals surface area contributed by atoms with Gasteiger partial charge < -0.3 is 15.8 Å². The number of nitrogens with zero attached hydrogens (tertiary/aromatic N) is 2. The van der Waals surface area contributed by atoms with Crippen LogP contribution in [0.5, 0.6) is 10.9 Å². The van der Waals surface area contributed by atoms with E-state index >= 15 is 0 Å². The minimum absolute atomic E-state index is 0.142. The Balaban J connectivity index is 1.39. The molecule has 8 heteroatoms. The molecule has 1 aliphatic rings. The third-order valence-electron chi connectivity index (χ3n) is 5.55. The zero-order valence-corrected chi connectivity index (χ0v) is 18.5. The van der Waals surface area contributed by atoms with Gasteiger partial charge in [0.05, 0.1) is 10.2 Å². The highest BCUT2D eigenvalue weighted by atomic mass is 35.5. The van der Waals surface area contributed by atoms with Gasteiger partial charge in [-0.2, -0.15) is 0 Å². The van der Waals surface area contributed by atoms with Gasteiger partial charge in [0.25, 0.3) is 5.19 Å². The summed E-state index contributed by atoms with van der Waals surface area (Å²) in [7, 11) is 0. The lowest BCUT2D eigenvalue weighted by atomic mass is 9.92. The van der Waals surface area contributed by atoms with Crippen molar-refractivity contribution in [3.63, 3.8) is 0 Å². The molecule has 158 valence electrons. The molecule has 0 bridgehead atoms. The summed E-state index contributed by atoms with van der Waals surface area (Å²) in [5, 5.41) is 4.12. The summed E-state index contributed by atoms with van der Waals surface area (Å²) < 4.78 is 6.98. The van der Waals surface area contributed by atoms with E-state index in [2.05, 4.69) is 41.2 Å². The number of fused-ring (bicyclic) bond motifs is 1. The molecule has 2 heterocycles. The van der Waals surface area contributed by atoms with Crippen LogP contribution in [0.4, 0.5) is 4.79 Å². The highest BCUT2D eigenvalue weighted by Gasteiger charge is 2.31. The Bertz CT molecular complexity index is 1030. The Hall–Kier alpha value is -2.35. The molecule has 1 saturated heterocycles. The molecule has 1 unspecified atom stereocenters. The number of ether oxygens (including phenoxy) is 1. The number of hydrogen-bond acceptors (Lipinski definition) is 5. The summed E-state index contributed by atoms with van der Waals surface area (Å²) in [6, 6.07) is 14.2. The van der Waals surface area contributed by atoms with Crippen molar-refractivity contribution in [1.82, 2.24) is 15.2 Å². The Morgan fingerprint density at radius 2 is 1.93 bits per heavy atom. The second-order valence-electron chi connectivity index (χ2n) is 7.89. The molecule has 0 aliphatic carbocycles. The minimum atomic E-state index is -0.445. The van der Waals surface area contributed by atoms with Crippen molar-refractivity contribution in [3.05, 3.63) is 53.1 Å². The predicted molar refractivity (Wildman–Crippen MR) is 121 cm³/mol. The SMILES string of the molecule is CC1C[C@H](NC(N)=O)C[C@H](C)N1Cc1ccc(Oc2nc3cc(Cl)ccc3s2)cc1. The van der Waals surface area contributed by atoms with E-state index in [-0.39, 0.29) is 6.04 Å². The van der Waals surface area contributed by atoms with Crippen LogP contribution in [-0.4, -0.2) is 34.0 Å². The van der Waals surface area contributed by atoms with Crippen molar-refractivity contribution in [3.8, 4) is 10.9 Å². The van der Waals surface area contributed by atoms with Gasteiger partial charge in [-0.1, -0.05) is 35.1 Å². The first-order chi connectivity index (χ1) is 14.4. The number of urea groups is 1. The topological polar surface area (TPSA) is 80.5 Å². The fourth-order valence-corrected chi connectivity index (χ4v) is 5.13. The van der Waals surface area contributed by atoms with E-state index in [9.17, 15) is 4.79 Å². The van der Waals surface area contributed by atoms with Gasteiger partial charge in [0.1, 0.15) is 5.75 Å². The highest BCUT2D eigenvalue weighted by molar-refractivity contribution is 7.20. The number of benzene rings is 2. The van der Waals surface area contributed by atoms with Crippen molar-refractivity contribution >= 4 is 39.2 Å². The summed E-state index contributed by atoms with van der Waals surface area (Å²) in [5.41, 5.74) is 7.35. The molecule has 1 fully saturated rings. The Morgan fingerprint density at radius 3 is 2.60 bits per heavy atom. The van der Waals surface area contributed by atoms with E-state index in [0.29, 0.717) is 22.3 Å². The van der Waals surface area contributed by atoms with Gasteiger partial charge in [0.2, 0.25) is 0 Å². The largest absolute Gasteiger partial charge is 0.431 e. The second kappa shape index (κ2) is 8.79. The first kappa shape index (κ1) is 20.9. The van der Waals surface area contributed by atoms with Crippen molar-refractivity contribution in [2.75, 3.05) is 0 Å². The third kappa shape index (κ3) is 4.86. The molecule has 2 aromatic carbocycles. The highest BCUT2D eigenvalue weighted by Crippen LogP contribution is 2.33. The maximum absolute atomic E-state index is 11.2. The molecule has 3 aromatic rings. The van der Waals surface area contributed by atoms with Crippen LogP contribution in [0.15, 0.2) is 42.5 Å². The number of rotatable bonds is 5. The predicted octanol–water partition coefficient (Wildman–Crippen LogP) is 5.15. The van der Waals surface area contributed by atoms with E-state index < -0.39 is 6.03 Å². The Labute approximate surface area is 185 Å². The monoisotopic (exact) mass is 444 g/mol. The van der Waals surface area contributed by atoms with Crippen LogP contribution in [0.25, 0.3) is 10.2 Å². The molecular weight excluding hydrogens is 420 g/mol. The summed E-state index contributed by atoms with van der Waals surface area (Å²) >= 11 is 7.53. The number of piperidine rings is 1. The molecule has 3 N–H and O–H groups in total. The summed E-state index contributed by atoms with van der Waals surface area (Å²) in [4.78, 5) is 18.1. The fraction of sp³-hybridized carbons (Fsp3) is 0.364. The average molecular weight is 445 g/mol. The lowest BCUT2D eigenvalue weighted by Crippen LogP contribution is -2.53. The maximum Gasteiger partial charge on any atom is 0.312 e. The molecule has 0 radical (unpaired) electrons. The number of likely N-dealkylation sites (tertiary alicyclic amines) is 1. The van der Waals surface area contributed by atoms with E-state index in [4.69, 9.17) is 22.1 Å². The number of aromatic nitrogens is 1. The van der Waals surface area contributed by atoms with Gasteiger partial charge in [-0.15, -0.1) is 0 Å². The number of nitrogens with two attached hydrogens (primary N) is 1. The molecule has 4 rings (SSSR count). The molecule has 0 saturated carbocycles. The van der Waals surface area contributed by atoms with E-state index in [1.165, 1.54) is 16.9 Å². The molecule has 0 spiro atoms. The van der Waals surface area contributed by atoms with Crippen LogP contribution in [0.3, 0.4) is 0 Å². The smallest absolute Gasteiger partial charge is 0.312 e. The van der Waals surface area contributed by atoms with E-state index in [1.54, 1.807) is 0 Å². The zero-order valence-electron chi connectivity index (χ0n) is 17.0. The number of halogens is 1. The van der Waals surface area contributed by atoms with Gasteiger partial charge in [-0.05, 0) is 62.6 Å². The van der Waals surface area contributed by atoms with Crippen LogP contribution >= 0.6 is 22.9 Å². The normalized spacial score (nSPS) is 22.2. The molecule has 30 heavy (non-hydrogen) atoms. The molecule has 2 amide bonds. The van der Waals surface area contributed by atoms with Crippen LogP contribution in [0, 0.1) is 0 Å². The first-order valence-corrected chi connectivity index (χ1v) is 11.2. The lowest BCUT2D eigenvalue weighted by molar-refractivity contribution is 0.0777. The number of hydrogen-bond donors (Lipinski definition) is 2. The molecule has 6 nitrogen and oxygen atoms in total. The number of thiazole rings is 1. The van der Waals surface area contributed by atoms with Crippen LogP contribution < -0.4 is 15.8 Å². The van der Waals surface area contributed by atoms with Crippen molar-refractivity contribution < 1.29 is 9.53 Å². The van der Waals surface area contributed by atoms with Crippen LogP contribution in [0.1, 0.15) is 32.3 Å².